The van der Waals surface area contributed by atoms with Crippen LogP contribution in [0.25, 0.3) is 10.2 Å². The first-order valence-electron chi connectivity index (χ1n) is 7.00. The van der Waals surface area contributed by atoms with Gasteiger partial charge in [-0.2, -0.15) is 0 Å². The summed E-state index contributed by atoms with van der Waals surface area (Å²) in [5.41, 5.74) is 2.39. The molecular weight excluding hydrogens is 282 g/mol. The van der Waals surface area contributed by atoms with Gasteiger partial charge < -0.3 is 9.64 Å². The van der Waals surface area contributed by atoms with E-state index in [-0.39, 0.29) is 0 Å². The van der Waals surface area contributed by atoms with Crippen LogP contribution in [0.4, 0.5) is 5.69 Å². The number of hydrogen-bond acceptors (Lipinski definition) is 5. The Morgan fingerprint density at radius 3 is 3.05 bits per heavy atom. The van der Waals surface area contributed by atoms with E-state index in [4.69, 9.17) is 4.74 Å². The molecule has 1 aliphatic heterocycles. The lowest BCUT2D eigenvalue weighted by molar-refractivity contribution is 0.220. The van der Waals surface area contributed by atoms with Gasteiger partial charge in [-0.15, -0.1) is 11.3 Å². The van der Waals surface area contributed by atoms with Crippen molar-refractivity contribution >= 4 is 27.2 Å². The fraction of sp³-hybridized carbons (Fsp3) is 0.250. The third kappa shape index (κ3) is 2.45. The van der Waals surface area contributed by atoms with Gasteiger partial charge in [0.15, 0.2) is 0 Å². The second kappa shape index (κ2) is 5.33. The van der Waals surface area contributed by atoms with E-state index in [1.54, 1.807) is 23.7 Å². The summed E-state index contributed by atoms with van der Waals surface area (Å²) in [6.07, 6.45) is 5.41. The summed E-state index contributed by atoms with van der Waals surface area (Å²) in [6.45, 7) is 2.83. The molecule has 4 heterocycles. The van der Waals surface area contributed by atoms with Crippen molar-refractivity contribution in [3.8, 4) is 5.75 Å². The molecule has 0 bridgehead atoms. The molecule has 1 aliphatic rings. The molecule has 21 heavy (non-hydrogen) atoms. The van der Waals surface area contributed by atoms with Crippen LogP contribution in [0.5, 0.6) is 5.75 Å². The molecule has 3 aromatic heterocycles. The molecule has 0 aliphatic carbocycles. The maximum Gasteiger partial charge on any atom is 0.137 e. The van der Waals surface area contributed by atoms with Crippen molar-refractivity contribution in [3.05, 3.63) is 48.2 Å². The van der Waals surface area contributed by atoms with Crippen LogP contribution in [0.15, 0.2) is 48.2 Å². The van der Waals surface area contributed by atoms with Crippen LogP contribution >= 0.6 is 11.3 Å². The van der Waals surface area contributed by atoms with Gasteiger partial charge in [-0.1, -0.05) is 0 Å². The number of ether oxygens (including phenoxy) is 1. The highest BCUT2D eigenvalue weighted by Gasteiger charge is 2.28. The van der Waals surface area contributed by atoms with Crippen LogP contribution in [0.1, 0.15) is 0 Å². The molecule has 0 aromatic carbocycles. The summed E-state index contributed by atoms with van der Waals surface area (Å²) in [5.74, 6) is 1.42. The topological polar surface area (TPSA) is 38.2 Å². The first-order valence-corrected chi connectivity index (χ1v) is 7.88. The van der Waals surface area contributed by atoms with Crippen molar-refractivity contribution in [3.63, 3.8) is 0 Å². The molecule has 1 saturated heterocycles. The van der Waals surface area contributed by atoms with Crippen molar-refractivity contribution in [1.29, 1.82) is 0 Å². The van der Waals surface area contributed by atoms with Gasteiger partial charge in [0.25, 0.3) is 0 Å². The number of aromatic nitrogens is 2. The van der Waals surface area contributed by atoms with Crippen LogP contribution in [0.3, 0.4) is 0 Å². The molecule has 0 unspecified atom stereocenters. The summed E-state index contributed by atoms with van der Waals surface area (Å²) in [6, 6.07) is 8.03. The predicted octanol–water partition coefficient (Wildman–Crippen LogP) is 3.21. The summed E-state index contributed by atoms with van der Waals surface area (Å²) >= 11 is 1.76. The van der Waals surface area contributed by atoms with Crippen LogP contribution in [-0.4, -0.2) is 29.7 Å². The number of hydrogen-bond donors (Lipinski definition) is 0. The van der Waals surface area contributed by atoms with Gasteiger partial charge in [0.05, 0.1) is 28.7 Å². The average molecular weight is 297 g/mol. The van der Waals surface area contributed by atoms with E-state index >= 15 is 0 Å². The molecule has 3 aromatic rings. The highest BCUT2D eigenvalue weighted by Crippen LogP contribution is 2.34. The Hall–Kier alpha value is -2.14. The standard InChI is InChI=1S/C16H15N3OS/c1-2-13(8-17-5-1)20-11-12-9-19(10-12)15-3-6-18-14-4-7-21-16(14)15/h1-8,12H,9-11H2. The van der Waals surface area contributed by atoms with Crippen LogP contribution < -0.4 is 9.64 Å². The van der Waals surface area contributed by atoms with E-state index in [0.717, 1.165) is 31.0 Å². The Balaban J connectivity index is 1.38. The summed E-state index contributed by atoms with van der Waals surface area (Å²) in [5, 5.41) is 2.10. The van der Waals surface area contributed by atoms with Crippen molar-refractivity contribution in [1.82, 2.24) is 9.97 Å². The fourth-order valence-electron chi connectivity index (χ4n) is 2.63. The van der Waals surface area contributed by atoms with Gasteiger partial charge in [-0.3, -0.25) is 9.97 Å². The number of anilines is 1. The van der Waals surface area contributed by atoms with E-state index < -0.39 is 0 Å². The largest absolute Gasteiger partial charge is 0.492 e. The van der Waals surface area contributed by atoms with Gasteiger partial charge in [0, 0.05) is 31.4 Å². The predicted molar refractivity (Wildman–Crippen MR) is 85.1 cm³/mol. The molecule has 1 fully saturated rings. The Morgan fingerprint density at radius 1 is 1.24 bits per heavy atom. The Kier molecular flexibility index (Phi) is 3.20. The van der Waals surface area contributed by atoms with Gasteiger partial charge in [0.1, 0.15) is 5.75 Å². The molecule has 0 amide bonds. The molecule has 5 heteroatoms. The zero-order valence-corrected chi connectivity index (χ0v) is 12.3. The van der Waals surface area contributed by atoms with Crippen LogP contribution in [0, 0.1) is 5.92 Å². The molecule has 0 atom stereocenters. The van der Waals surface area contributed by atoms with Crippen LogP contribution in [-0.2, 0) is 0 Å². The highest BCUT2D eigenvalue weighted by molar-refractivity contribution is 7.17. The van der Waals surface area contributed by atoms with Gasteiger partial charge in [-0.05, 0) is 29.6 Å². The molecule has 4 rings (SSSR count). The van der Waals surface area contributed by atoms with Gasteiger partial charge in [0.2, 0.25) is 0 Å². The van der Waals surface area contributed by atoms with E-state index in [1.807, 2.05) is 18.3 Å². The average Bonchev–Trinajstić information content (AvgIpc) is 2.96. The van der Waals surface area contributed by atoms with Gasteiger partial charge in [-0.25, -0.2) is 0 Å². The number of nitrogens with zero attached hydrogens (tertiary/aromatic N) is 3. The summed E-state index contributed by atoms with van der Waals surface area (Å²) in [7, 11) is 0. The minimum Gasteiger partial charge on any atom is -0.492 e. The second-order valence-corrected chi connectivity index (χ2v) is 6.15. The zero-order chi connectivity index (χ0) is 14.1. The number of fused-ring (bicyclic) bond motifs is 1. The fourth-order valence-corrected chi connectivity index (χ4v) is 3.52. The number of pyridine rings is 2. The maximum absolute atomic E-state index is 5.77. The minimum absolute atomic E-state index is 0.577. The molecule has 0 spiro atoms. The van der Waals surface area contributed by atoms with Crippen molar-refractivity contribution in [2.24, 2.45) is 5.92 Å². The second-order valence-electron chi connectivity index (χ2n) is 5.24. The Morgan fingerprint density at radius 2 is 2.19 bits per heavy atom. The first kappa shape index (κ1) is 12.6. The number of rotatable bonds is 4. The third-order valence-electron chi connectivity index (χ3n) is 3.74. The molecule has 0 N–H and O–H groups in total. The number of thiophene rings is 1. The van der Waals surface area contributed by atoms with E-state index in [0.29, 0.717) is 5.92 Å². The molecular formula is C16H15N3OS. The van der Waals surface area contributed by atoms with E-state index in [2.05, 4.69) is 32.4 Å². The van der Waals surface area contributed by atoms with Crippen LogP contribution in [0.2, 0.25) is 0 Å². The summed E-state index contributed by atoms with van der Waals surface area (Å²) < 4.78 is 7.05. The normalized spacial score (nSPS) is 15.1. The summed E-state index contributed by atoms with van der Waals surface area (Å²) in [4.78, 5) is 10.8. The monoisotopic (exact) mass is 297 g/mol. The SMILES string of the molecule is c1cncc(OCC2CN(c3ccnc4ccsc34)C2)c1. The Bertz CT molecular complexity index is 737. The van der Waals surface area contributed by atoms with E-state index in [9.17, 15) is 0 Å². The Labute approximate surface area is 127 Å². The lowest BCUT2D eigenvalue weighted by Gasteiger charge is -2.40. The lowest BCUT2D eigenvalue weighted by Crippen LogP contribution is -2.49. The quantitative estimate of drug-likeness (QED) is 0.741. The van der Waals surface area contributed by atoms with Crippen molar-refractivity contribution in [2.45, 2.75) is 0 Å². The molecule has 0 saturated carbocycles. The smallest absolute Gasteiger partial charge is 0.137 e. The van der Waals surface area contributed by atoms with Gasteiger partial charge >= 0.3 is 0 Å². The maximum atomic E-state index is 5.77. The van der Waals surface area contributed by atoms with E-state index in [1.165, 1.54) is 10.4 Å². The molecule has 0 radical (unpaired) electrons. The third-order valence-corrected chi connectivity index (χ3v) is 4.67. The van der Waals surface area contributed by atoms with Crippen molar-refractivity contribution < 1.29 is 4.74 Å². The molecule has 4 nitrogen and oxygen atoms in total. The zero-order valence-electron chi connectivity index (χ0n) is 11.5. The lowest BCUT2D eigenvalue weighted by atomic mass is 10.0. The first-order chi connectivity index (χ1) is 10.4. The minimum atomic E-state index is 0.577. The molecule has 106 valence electrons. The highest BCUT2D eigenvalue weighted by atomic mass is 32.1. The van der Waals surface area contributed by atoms with Crippen molar-refractivity contribution in [2.75, 3.05) is 24.6 Å².